The molecule has 2 fully saturated rings. The molecular weight excluding hydrogens is 457 g/mol. The van der Waals surface area contributed by atoms with Gasteiger partial charge in [0.1, 0.15) is 11.9 Å². The third kappa shape index (κ3) is 5.40. The molecule has 0 aromatic heterocycles. The van der Waals surface area contributed by atoms with E-state index in [2.05, 4.69) is 0 Å². The minimum Gasteiger partial charge on any atom is -0.368 e. The van der Waals surface area contributed by atoms with E-state index in [4.69, 9.17) is 10.00 Å². The zero-order valence-electron chi connectivity index (χ0n) is 19.0. The van der Waals surface area contributed by atoms with E-state index in [1.54, 1.807) is 29.2 Å². The first-order chi connectivity index (χ1) is 16.4. The Labute approximate surface area is 199 Å². The summed E-state index contributed by atoms with van der Waals surface area (Å²) in [4.78, 5) is 16.8. The molecule has 1 saturated carbocycles. The number of hydrogen-bond donors (Lipinski definition) is 0. The summed E-state index contributed by atoms with van der Waals surface area (Å²) >= 11 is 0. The van der Waals surface area contributed by atoms with Crippen molar-refractivity contribution in [2.24, 2.45) is 0 Å². The van der Waals surface area contributed by atoms with Crippen molar-refractivity contribution in [1.82, 2.24) is 4.90 Å². The van der Waals surface area contributed by atoms with E-state index in [0.717, 1.165) is 32.1 Å². The van der Waals surface area contributed by atoms with E-state index in [-0.39, 0.29) is 28.0 Å². The van der Waals surface area contributed by atoms with Gasteiger partial charge in [0.05, 0.1) is 22.1 Å². The van der Waals surface area contributed by atoms with Crippen molar-refractivity contribution in [3.63, 3.8) is 0 Å². The highest BCUT2D eigenvalue weighted by molar-refractivity contribution is 7.91. The summed E-state index contributed by atoms with van der Waals surface area (Å²) in [5.74, 6) is -1.35. The summed E-state index contributed by atoms with van der Waals surface area (Å²) in [6.07, 6.45) is 4.91. The van der Waals surface area contributed by atoms with Crippen molar-refractivity contribution >= 4 is 21.4 Å². The van der Waals surface area contributed by atoms with Crippen molar-refractivity contribution in [2.75, 3.05) is 37.0 Å². The van der Waals surface area contributed by atoms with Gasteiger partial charge >= 0.3 is 0 Å². The molecule has 0 N–H and O–H groups in total. The lowest BCUT2D eigenvalue weighted by atomic mass is 9.98. The number of carbonyl (C=O) groups excluding carboxylic acids is 1. The van der Waals surface area contributed by atoms with Crippen LogP contribution >= 0.6 is 0 Å². The molecule has 7 nitrogen and oxygen atoms in total. The molecule has 4 rings (SSSR count). The number of carbonyl (C=O) groups is 1. The van der Waals surface area contributed by atoms with Gasteiger partial charge in [0.25, 0.3) is 5.91 Å². The number of hydrogen-bond acceptors (Lipinski definition) is 6. The summed E-state index contributed by atoms with van der Waals surface area (Å²) in [7, 11) is -3.79. The predicted octanol–water partition coefficient (Wildman–Crippen LogP) is 3.74. The maximum atomic E-state index is 14.0. The average molecular weight is 486 g/mol. The molecule has 2 aromatic rings. The van der Waals surface area contributed by atoms with Crippen LogP contribution in [0.3, 0.4) is 0 Å². The van der Waals surface area contributed by atoms with E-state index in [1.165, 1.54) is 24.3 Å². The number of piperazine rings is 1. The Morgan fingerprint density at radius 2 is 1.76 bits per heavy atom. The molecule has 180 valence electrons. The Bertz CT molecular complexity index is 1180. The maximum Gasteiger partial charge on any atom is 0.255 e. The van der Waals surface area contributed by atoms with Crippen LogP contribution in [0.15, 0.2) is 47.4 Å². The van der Waals surface area contributed by atoms with Crippen LogP contribution in [0.5, 0.6) is 0 Å². The first-order valence-corrected chi connectivity index (χ1v) is 13.2. The van der Waals surface area contributed by atoms with Gasteiger partial charge in [-0.3, -0.25) is 4.79 Å². The zero-order chi connectivity index (χ0) is 24.1. The quantitative estimate of drug-likeness (QED) is 0.619. The molecule has 0 spiro atoms. The first-order valence-electron chi connectivity index (χ1n) is 11.6. The van der Waals surface area contributed by atoms with Crippen LogP contribution < -0.4 is 4.90 Å². The topological polar surface area (TPSA) is 90.7 Å². The van der Waals surface area contributed by atoms with Crippen molar-refractivity contribution < 1.29 is 22.3 Å². The number of halogens is 1. The van der Waals surface area contributed by atoms with Crippen LogP contribution in [0.1, 0.15) is 48.0 Å². The average Bonchev–Trinajstić information content (AvgIpc) is 2.88. The Hall–Kier alpha value is -2.96. The smallest absolute Gasteiger partial charge is 0.255 e. The standard InChI is InChI=1S/C25H28FN3O4S/c26-23-16-20(11-10-19(23)17-27)28-12-14-29(15-13-28)25(30)22-8-4-5-9-24(22)34(31,32)18-33-21-6-2-1-3-7-21/h4-5,8-11,16,21H,1-3,6-7,12-15,18H2. The number of benzene rings is 2. The number of rotatable bonds is 6. The monoisotopic (exact) mass is 485 g/mol. The molecule has 2 aromatic carbocycles. The Kier molecular flexibility index (Phi) is 7.49. The molecule has 0 atom stereocenters. The minimum absolute atomic E-state index is 0.00703. The van der Waals surface area contributed by atoms with Crippen LogP contribution in [0, 0.1) is 17.1 Å². The third-order valence-electron chi connectivity index (χ3n) is 6.47. The molecule has 0 unspecified atom stereocenters. The summed E-state index contributed by atoms with van der Waals surface area (Å²) in [5.41, 5.74) is 0.780. The van der Waals surface area contributed by atoms with Crippen molar-refractivity contribution in [2.45, 2.75) is 43.1 Å². The van der Waals surface area contributed by atoms with E-state index in [0.29, 0.717) is 31.9 Å². The second kappa shape index (κ2) is 10.5. The van der Waals surface area contributed by atoms with Gasteiger partial charge in [-0.1, -0.05) is 31.4 Å². The highest BCUT2D eigenvalue weighted by atomic mass is 32.2. The van der Waals surface area contributed by atoms with Crippen LogP contribution in [-0.4, -0.2) is 57.4 Å². The number of amides is 1. The molecule has 0 radical (unpaired) electrons. The minimum atomic E-state index is -3.79. The second-order valence-corrected chi connectivity index (χ2v) is 10.6. The number of nitrogens with zero attached hydrogens (tertiary/aromatic N) is 3. The number of ether oxygens (including phenoxy) is 1. The van der Waals surface area contributed by atoms with Gasteiger partial charge in [-0.25, -0.2) is 12.8 Å². The van der Waals surface area contributed by atoms with Gasteiger partial charge in [0.15, 0.2) is 5.94 Å². The molecule has 9 heteroatoms. The second-order valence-electron chi connectivity index (χ2n) is 8.71. The molecule has 1 aliphatic heterocycles. The highest BCUT2D eigenvalue weighted by Crippen LogP contribution is 2.25. The fourth-order valence-corrected chi connectivity index (χ4v) is 5.80. The van der Waals surface area contributed by atoms with Crippen LogP contribution in [-0.2, 0) is 14.6 Å². The summed E-state index contributed by atoms with van der Waals surface area (Å²) in [5, 5.41) is 8.90. The molecule has 34 heavy (non-hydrogen) atoms. The Morgan fingerprint density at radius 3 is 2.44 bits per heavy atom. The summed E-state index contributed by atoms with van der Waals surface area (Å²) < 4.78 is 45.8. The van der Waals surface area contributed by atoms with E-state index in [9.17, 15) is 17.6 Å². The lowest BCUT2D eigenvalue weighted by Crippen LogP contribution is -2.49. The Balaban J connectivity index is 1.43. The zero-order valence-corrected chi connectivity index (χ0v) is 19.8. The number of anilines is 1. The van der Waals surface area contributed by atoms with Gasteiger partial charge < -0.3 is 14.5 Å². The van der Waals surface area contributed by atoms with Crippen LogP contribution in [0.4, 0.5) is 10.1 Å². The summed E-state index contributed by atoms with van der Waals surface area (Å²) in [6.45, 7) is 1.67. The molecule has 1 saturated heterocycles. The fourth-order valence-electron chi connectivity index (χ4n) is 4.53. The van der Waals surface area contributed by atoms with E-state index < -0.39 is 21.6 Å². The largest absolute Gasteiger partial charge is 0.368 e. The van der Waals surface area contributed by atoms with Gasteiger partial charge in [-0.05, 0) is 43.2 Å². The van der Waals surface area contributed by atoms with Crippen molar-refractivity contribution in [1.29, 1.82) is 5.26 Å². The molecule has 2 aliphatic rings. The first kappa shape index (κ1) is 24.2. The molecule has 1 aliphatic carbocycles. The lowest BCUT2D eigenvalue weighted by Gasteiger charge is -2.36. The van der Waals surface area contributed by atoms with E-state index >= 15 is 0 Å². The molecule has 0 bridgehead atoms. The van der Waals surface area contributed by atoms with Gasteiger partial charge in [0.2, 0.25) is 9.84 Å². The number of sulfone groups is 1. The van der Waals surface area contributed by atoms with E-state index in [1.807, 2.05) is 4.90 Å². The molecular formula is C25H28FN3O4S. The van der Waals surface area contributed by atoms with Crippen LogP contribution in [0.25, 0.3) is 0 Å². The third-order valence-corrected chi connectivity index (χ3v) is 7.94. The maximum absolute atomic E-state index is 14.0. The normalized spacial score (nSPS) is 17.4. The van der Waals surface area contributed by atoms with Gasteiger partial charge in [0, 0.05) is 31.9 Å². The lowest BCUT2D eigenvalue weighted by molar-refractivity contribution is 0.0568. The highest BCUT2D eigenvalue weighted by Gasteiger charge is 2.29. The van der Waals surface area contributed by atoms with Crippen molar-refractivity contribution in [3.05, 3.63) is 59.4 Å². The van der Waals surface area contributed by atoms with Gasteiger partial charge in [-0.15, -0.1) is 0 Å². The molecule has 1 amide bonds. The summed E-state index contributed by atoms with van der Waals surface area (Å²) in [6, 6.07) is 12.5. The van der Waals surface area contributed by atoms with Crippen molar-refractivity contribution in [3.8, 4) is 6.07 Å². The van der Waals surface area contributed by atoms with Gasteiger partial charge in [-0.2, -0.15) is 5.26 Å². The number of nitriles is 1. The SMILES string of the molecule is N#Cc1ccc(N2CCN(C(=O)c3ccccc3S(=O)(=O)COC3CCCCC3)CC2)cc1F. The van der Waals surface area contributed by atoms with Crippen LogP contribution in [0.2, 0.25) is 0 Å². The fraction of sp³-hybridized carbons (Fsp3) is 0.440. The predicted molar refractivity (Wildman–Crippen MR) is 126 cm³/mol. The Morgan fingerprint density at radius 1 is 1.06 bits per heavy atom. The molecule has 1 heterocycles.